The number of carbonyl (C=O) groups excluding carboxylic acids is 1. The molecule has 1 aliphatic heterocycles. The molecule has 1 aliphatic rings. The zero-order valence-corrected chi connectivity index (χ0v) is 21.5. The highest BCUT2D eigenvalue weighted by Crippen LogP contribution is 2.48. The molecule has 0 saturated carbocycles. The van der Waals surface area contributed by atoms with Crippen molar-refractivity contribution in [1.82, 2.24) is 0 Å². The van der Waals surface area contributed by atoms with Gasteiger partial charge in [0.1, 0.15) is 0 Å². The third-order valence-corrected chi connectivity index (χ3v) is 7.03. The van der Waals surface area contributed by atoms with Crippen LogP contribution in [0.2, 0.25) is 5.02 Å². The van der Waals surface area contributed by atoms with Crippen LogP contribution < -0.4 is 10.2 Å². The van der Waals surface area contributed by atoms with E-state index in [0.29, 0.717) is 52.5 Å². The number of aryl methyl sites for hydroxylation is 2. The number of carbonyl (C=O) groups is 1. The molecule has 4 rings (SSSR count). The number of fused-ring (bicyclic) bond motifs is 1. The van der Waals surface area contributed by atoms with E-state index in [4.69, 9.17) is 16.1 Å². The van der Waals surface area contributed by atoms with Gasteiger partial charge in [0.15, 0.2) is 6.23 Å². The predicted octanol–water partition coefficient (Wildman–Crippen LogP) is 5.65. The molecule has 10 heteroatoms. The van der Waals surface area contributed by atoms with E-state index in [1.807, 2.05) is 32.0 Å². The van der Waals surface area contributed by atoms with E-state index in [2.05, 4.69) is 5.32 Å². The third-order valence-electron chi connectivity index (χ3n) is 6.27. The minimum atomic E-state index is -4.74. The highest BCUT2D eigenvalue weighted by atomic mass is 35.5. The van der Waals surface area contributed by atoms with Crippen LogP contribution in [0.1, 0.15) is 57.8 Å². The van der Waals surface area contributed by atoms with Crippen LogP contribution in [0.15, 0.2) is 60.7 Å². The summed E-state index contributed by atoms with van der Waals surface area (Å²) in [5.74, 6) is -0.213. The molecule has 1 amide bonds. The van der Waals surface area contributed by atoms with Gasteiger partial charge in [-0.15, -0.1) is 0 Å². The van der Waals surface area contributed by atoms with Gasteiger partial charge < -0.3 is 25.1 Å². The molecule has 4 N–H and O–H groups in total. The molecule has 0 fully saturated rings. The topological polar surface area (TPSA) is 119 Å². The van der Waals surface area contributed by atoms with Crippen molar-refractivity contribution in [2.24, 2.45) is 0 Å². The molecular weight excluding hydrogens is 503 g/mol. The lowest BCUT2D eigenvalue weighted by Gasteiger charge is -2.32. The first-order valence-electron chi connectivity index (χ1n) is 11.5. The zero-order valence-electron chi connectivity index (χ0n) is 19.9. The summed E-state index contributed by atoms with van der Waals surface area (Å²) in [6, 6.07) is 17.6. The molecule has 0 aromatic heterocycles. The highest BCUT2D eigenvalue weighted by Gasteiger charge is 2.32. The number of phosphoric acid groups is 1. The van der Waals surface area contributed by atoms with Crippen molar-refractivity contribution in [2.75, 3.05) is 16.8 Å². The summed E-state index contributed by atoms with van der Waals surface area (Å²) in [6.07, 6.45) is -1.03. The Hall–Kier alpha value is -2.71. The van der Waals surface area contributed by atoms with Crippen molar-refractivity contribution in [1.29, 1.82) is 0 Å². The first-order valence-corrected chi connectivity index (χ1v) is 13.4. The monoisotopic (exact) mass is 530 g/mol. The average molecular weight is 531 g/mol. The van der Waals surface area contributed by atoms with Crippen molar-refractivity contribution >= 4 is 36.7 Å². The Morgan fingerprint density at radius 1 is 1.11 bits per heavy atom. The Balaban J connectivity index is 1.60. The van der Waals surface area contributed by atoms with Gasteiger partial charge in [0.25, 0.3) is 5.91 Å². The van der Waals surface area contributed by atoms with E-state index >= 15 is 0 Å². The molecule has 2 unspecified atom stereocenters. The van der Waals surface area contributed by atoms with Crippen LogP contribution in [0.4, 0.5) is 11.4 Å². The minimum Gasteiger partial charge on any atom is -0.369 e. The number of halogens is 1. The van der Waals surface area contributed by atoms with Gasteiger partial charge in [-0.05, 0) is 74.2 Å². The van der Waals surface area contributed by atoms with Gasteiger partial charge in [0.05, 0.1) is 6.10 Å². The van der Waals surface area contributed by atoms with Crippen molar-refractivity contribution in [2.45, 2.75) is 39.0 Å². The zero-order chi connectivity index (χ0) is 26.0. The van der Waals surface area contributed by atoms with Gasteiger partial charge in [0.2, 0.25) is 0 Å². The molecule has 36 heavy (non-hydrogen) atoms. The second kappa shape index (κ2) is 10.7. The molecule has 3 aromatic rings. The summed E-state index contributed by atoms with van der Waals surface area (Å²) < 4.78 is 16.6. The van der Waals surface area contributed by atoms with E-state index in [-0.39, 0.29) is 5.91 Å². The molecule has 3 aromatic carbocycles. The van der Waals surface area contributed by atoms with Gasteiger partial charge in [0, 0.05) is 39.6 Å². The summed E-state index contributed by atoms with van der Waals surface area (Å²) >= 11 is 6.18. The van der Waals surface area contributed by atoms with Crippen LogP contribution in [-0.2, 0) is 9.09 Å². The van der Waals surface area contributed by atoms with E-state index in [9.17, 15) is 24.3 Å². The molecule has 8 nitrogen and oxygen atoms in total. The summed E-state index contributed by atoms with van der Waals surface area (Å²) in [4.78, 5) is 33.2. The molecule has 0 saturated heterocycles. The molecule has 190 valence electrons. The second-order valence-electron chi connectivity index (χ2n) is 8.84. The summed E-state index contributed by atoms with van der Waals surface area (Å²) in [5.41, 5.74) is 4.56. The van der Waals surface area contributed by atoms with Gasteiger partial charge in [-0.25, -0.2) is 4.57 Å². The number of hydrogen-bond acceptors (Lipinski definition) is 5. The van der Waals surface area contributed by atoms with Crippen LogP contribution in [0.5, 0.6) is 0 Å². The minimum absolute atomic E-state index is 0.213. The van der Waals surface area contributed by atoms with Crippen molar-refractivity contribution in [3.05, 3.63) is 93.5 Å². The lowest BCUT2D eigenvalue weighted by Crippen LogP contribution is -2.30. The number of nitrogens with zero attached hydrogens (tertiary/aromatic N) is 1. The summed E-state index contributed by atoms with van der Waals surface area (Å²) in [6.45, 7) is 4.16. The number of benzene rings is 3. The van der Waals surface area contributed by atoms with Gasteiger partial charge in [-0.2, -0.15) is 0 Å². The van der Waals surface area contributed by atoms with Crippen molar-refractivity contribution in [3.63, 3.8) is 0 Å². The molecule has 2 atom stereocenters. The van der Waals surface area contributed by atoms with Gasteiger partial charge >= 0.3 is 7.82 Å². The molecule has 1 heterocycles. The van der Waals surface area contributed by atoms with Crippen LogP contribution in [0, 0.1) is 13.8 Å². The van der Waals surface area contributed by atoms with Crippen molar-refractivity contribution < 1.29 is 28.8 Å². The van der Waals surface area contributed by atoms with Gasteiger partial charge in [-0.1, -0.05) is 35.9 Å². The number of anilines is 2. The molecule has 0 radical (unpaired) electrons. The Labute approximate surface area is 214 Å². The average Bonchev–Trinajstić information content (AvgIpc) is 2.97. The largest absolute Gasteiger partial charge is 0.470 e. The number of aliphatic hydroxyl groups is 1. The molecular formula is C26H28ClN2O6P. The van der Waals surface area contributed by atoms with E-state index < -0.39 is 20.2 Å². The van der Waals surface area contributed by atoms with Crippen LogP contribution in [-0.4, -0.2) is 27.3 Å². The number of amides is 1. The first kappa shape index (κ1) is 26.4. The Kier molecular flexibility index (Phi) is 7.85. The maximum Gasteiger partial charge on any atom is 0.470 e. The quantitative estimate of drug-likeness (QED) is 0.304. The Morgan fingerprint density at radius 3 is 2.56 bits per heavy atom. The fourth-order valence-electron chi connectivity index (χ4n) is 4.53. The van der Waals surface area contributed by atoms with Crippen LogP contribution in [0.3, 0.4) is 0 Å². The molecule has 0 bridgehead atoms. The van der Waals surface area contributed by atoms with Crippen molar-refractivity contribution in [3.8, 4) is 0 Å². The fraction of sp³-hybridized carbons (Fsp3) is 0.269. The SMILES string of the molecule is Cc1ccccc1C(=O)Nc1ccc(C(O)N2CCCC(OP(=O)(O)O)c3cc(Cl)ccc32)c(C)c1. The maximum atomic E-state index is 12.7. The number of aliphatic hydroxyl groups excluding tert-OH is 1. The highest BCUT2D eigenvalue weighted by molar-refractivity contribution is 7.46. The molecule has 0 spiro atoms. The van der Waals surface area contributed by atoms with E-state index in [0.717, 1.165) is 11.1 Å². The number of hydrogen-bond donors (Lipinski definition) is 4. The lowest BCUT2D eigenvalue weighted by molar-refractivity contribution is 0.102. The lowest BCUT2D eigenvalue weighted by atomic mass is 10.0. The fourth-order valence-corrected chi connectivity index (χ4v) is 5.27. The Morgan fingerprint density at radius 2 is 1.86 bits per heavy atom. The number of rotatable bonds is 6. The number of nitrogens with one attached hydrogen (secondary N) is 1. The summed E-state index contributed by atoms with van der Waals surface area (Å²) in [7, 11) is -4.74. The Bertz CT molecular complexity index is 1330. The molecule has 0 aliphatic carbocycles. The normalized spacial score (nSPS) is 16.7. The van der Waals surface area contributed by atoms with E-state index in [1.54, 1.807) is 47.4 Å². The first-order chi connectivity index (χ1) is 17.0. The predicted molar refractivity (Wildman–Crippen MR) is 139 cm³/mol. The van der Waals surface area contributed by atoms with Crippen LogP contribution in [0.25, 0.3) is 0 Å². The maximum absolute atomic E-state index is 12.7. The second-order valence-corrected chi connectivity index (χ2v) is 10.5. The van der Waals surface area contributed by atoms with Crippen LogP contribution >= 0.6 is 19.4 Å². The standard InChI is InChI=1S/C26H28ClN2O6P/c1-16-6-3-4-7-20(16)25(30)28-19-10-11-21(17(2)14-19)26(31)29-13-5-8-24(35-36(32,33)34)22-15-18(27)9-12-23(22)29/h3-4,6-7,9-12,14-15,24,26,31H,5,8,13H2,1-2H3,(H,28,30)(H2,32,33,34). The smallest absolute Gasteiger partial charge is 0.369 e. The van der Waals surface area contributed by atoms with Gasteiger partial charge in [-0.3, -0.25) is 9.32 Å². The third kappa shape index (κ3) is 5.98. The number of phosphoric ester groups is 1. The van der Waals surface area contributed by atoms with E-state index in [1.165, 1.54) is 0 Å². The summed E-state index contributed by atoms with van der Waals surface area (Å²) in [5, 5.41) is 14.7.